The zero-order chi connectivity index (χ0) is 20.4. The molecule has 0 bridgehead atoms. The average Bonchev–Trinajstić information content (AvgIpc) is 2.99. The van der Waals surface area contributed by atoms with Gasteiger partial charge in [-0.25, -0.2) is 9.18 Å². The molecule has 2 aromatic carbocycles. The third-order valence-electron chi connectivity index (χ3n) is 4.99. The number of rotatable bonds is 2. The molecule has 0 spiro atoms. The van der Waals surface area contributed by atoms with Gasteiger partial charge in [0, 0.05) is 47.8 Å². The van der Waals surface area contributed by atoms with Crippen LogP contribution in [0.2, 0.25) is 5.02 Å². The number of fused-ring (bicyclic) bond motifs is 1. The Morgan fingerprint density at radius 1 is 1.00 bits per heavy atom. The molecule has 8 heteroatoms. The molecule has 0 saturated carbocycles. The Hall–Kier alpha value is -3.06. The van der Waals surface area contributed by atoms with Gasteiger partial charge in [0.25, 0.3) is 5.91 Å². The van der Waals surface area contributed by atoms with Crippen LogP contribution in [0, 0.1) is 5.82 Å². The zero-order valence-corrected chi connectivity index (χ0v) is 16.4. The molecule has 0 radical (unpaired) electrons. The van der Waals surface area contributed by atoms with Crippen LogP contribution in [0.3, 0.4) is 0 Å². The first kappa shape index (κ1) is 19.3. The van der Waals surface area contributed by atoms with Gasteiger partial charge in [-0.15, -0.1) is 0 Å². The Morgan fingerprint density at radius 2 is 1.76 bits per heavy atom. The minimum Gasteiger partial charge on any atom is -0.350 e. The molecule has 2 heterocycles. The van der Waals surface area contributed by atoms with Gasteiger partial charge in [-0.2, -0.15) is 0 Å². The molecular weight excluding hydrogens is 395 g/mol. The number of aromatic nitrogens is 1. The molecule has 3 aromatic rings. The Labute approximate surface area is 172 Å². The second-order valence-corrected chi connectivity index (χ2v) is 7.39. The number of anilines is 1. The van der Waals surface area contributed by atoms with Crippen LogP contribution in [-0.4, -0.2) is 52.9 Å². The van der Waals surface area contributed by atoms with Gasteiger partial charge in [0.2, 0.25) is 0 Å². The lowest BCUT2D eigenvalue weighted by Gasteiger charge is -2.22. The van der Waals surface area contributed by atoms with Crippen LogP contribution < -0.4 is 5.32 Å². The third kappa shape index (κ3) is 4.19. The maximum absolute atomic E-state index is 13.9. The number of benzene rings is 2. The molecule has 29 heavy (non-hydrogen) atoms. The number of H-pyrrole nitrogens is 1. The van der Waals surface area contributed by atoms with Gasteiger partial charge < -0.3 is 20.1 Å². The molecule has 0 unspecified atom stereocenters. The van der Waals surface area contributed by atoms with E-state index in [1.807, 2.05) is 0 Å². The Balaban J connectivity index is 1.42. The number of aromatic amines is 1. The summed E-state index contributed by atoms with van der Waals surface area (Å²) in [7, 11) is 0. The predicted molar refractivity (Wildman–Crippen MR) is 111 cm³/mol. The number of nitrogens with one attached hydrogen (secondary N) is 2. The highest BCUT2D eigenvalue weighted by Crippen LogP contribution is 2.20. The van der Waals surface area contributed by atoms with Crippen molar-refractivity contribution in [1.29, 1.82) is 0 Å². The van der Waals surface area contributed by atoms with E-state index in [1.54, 1.807) is 52.3 Å². The van der Waals surface area contributed by atoms with Crippen molar-refractivity contribution < 1.29 is 14.0 Å². The molecule has 4 rings (SSSR count). The molecule has 6 nitrogen and oxygen atoms in total. The second-order valence-electron chi connectivity index (χ2n) is 6.96. The maximum Gasteiger partial charge on any atom is 0.321 e. The van der Waals surface area contributed by atoms with Crippen LogP contribution in [0.5, 0.6) is 0 Å². The zero-order valence-electron chi connectivity index (χ0n) is 15.6. The van der Waals surface area contributed by atoms with Crippen molar-refractivity contribution >= 4 is 40.1 Å². The molecule has 0 atom stereocenters. The number of hydrogen-bond donors (Lipinski definition) is 2. The average molecular weight is 415 g/mol. The van der Waals surface area contributed by atoms with E-state index in [0.717, 1.165) is 0 Å². The summed E-state index contributed by atoms with van der Waals surface area (Å²) in [6.45, 7) is 1.88. The molecule has 150 valence electrons. The summed E-state index contributed by atoms with van der Waals surface area (Å²) in [6.07, 6.45) is 0.656. The van der Waals surface area contributed by atoms with Crippen molar-refractivity contribution in [2.75, 3.05) is 31.5 Å². The van der Waals surface area contributed by atoms with E-state index < -0.39 is 0 Å². The fourth-order valence-corrected chi connectivity index (χ4v) is 3.69. The third-order valence-corrected chi connectivity index (χ3v) is 5.22. The highest BCUT2D eigenvalue weighted by molar-refractivity contribution is 6.30. The van der Waals surface area contributed by atoms with Gasteiger partial charge in [-0.1, -0.05) is 23.7 Å². The molecule has 3 amide bonds. The molecule has 0 aliphatic carbocycles. The first-order chi connectivity index (χ1) is 14.0. The van der Waals surface area contributed by atoms with Crippen molar-refractivity contribution in [1.82, 2.24) is 14.8 Å². The molecule has 1 aromatic heterocycles. The Bertz CT molecular complexity index is 1070. The fraction of sp³-hybridized carbons (Fsp3) is 0.238. The summed E-state index contributed by atoms with van der Waals surface area (Å²) >= 11 is 5.96. The van der Waals surface area contributed by atoms with E-state index in [9.17, 15) is 14.0 Å². The normalized spacial score (nSPS) is 14.7. The Morgan fingerprint density at radius 3 is 2.55 bits per heavy atom. The van der Waals surface area contributed by atoms with Crippen LogP contribution in [0.25, 0.3) is 10.9 Å². The van der Waals surface area contributed by atoms with E-state index >= 15 is 0 Å². The molecule has 1 saturated heterocycles. The van der Waals surface area contributed by atoms with Crippen molar-refractivity contribution in [2.24, 2.45) is 0 Å². The minimum absolute atomic E-state index is 0.197. The van der Waals surface area contributed by atoms with Gasteiger partial charge >= 0.3 is 6.03 Å². The van der Waals surface area contributed by atoms with Gasteiger partial charge in [0.05, 0.1) is 0 Å². The molecular formula is C21H20ClFN4O2. The molecule has 1 aliphatic heterocycles. The van der Waals surface area contributed by atoms with Crippen molar-refractivity contribution in [3.63, 3.8) is 0 Å². The monoisotopic (exact) mass is 414 g/mol. The first-order valence-electron chi connectivity index (χ1n) is 9.39. The number of hydrogen-bond acceptors (Lipinski definition) is 2. The number of amides is 3. The molecule has 2 N–H and O–H groups in total. The van der Waals surface area contributed by atoms with Crippen LogP contribution in [-0.2, 0) is 0 Å². The summed E-state index contributed by atoms with van der Waals surface area (Å²) in [5.74, 6) is -0.560. The first-order valence-corrected chi connectivity index (χ1v) is 9.77. The van der Waals surface area contributed by atoms with Gasteiger partial charge in [0.15, 0.2) is 0 Å². The minimum atomic E-state index is -0.363. The van der Waals surface area contributed by atoms with Crippen LogP contribution >= 0.6 is 11.6 Å². The van der Waals surface area contributed by atoms with Crippen LogP contribution in [0.4, 0.5) is 14.9 Å². The quantitative estimate of drug-likeness (QED) is 0.655. The van der Waals surface area contributed by atoms with E-state index in [0.29, 0.717) is 59.9 Å². The summed E-state index contributed by atoms with van der Waals surface area (Å²) < 4.78 is 13.9. The number of halogens is 2. The molecule has 1 fully saturated rings. The Kier molecular flexibility index (Phi) is 5.40. The van der Waals surface area contributed by atoms with Crippen LogP contribution in [0.15, 0.2) is 48.5 Å². The van der Waals surface area contributed by atoms with Gasteiger partial charge in [-0.05, 0) is 42.8 Å². The van der Waals surface area contributed by atoms with E-state index in [-0.39, 0.29) is 17.8 Å². The SMILES string of the molecule is O=C(Nc1cccc(Cl)c1)N1CCCN(C(=O)c2cc3c(F)cccc3[nH]2)CC1. The fourth-order valence-electron chi connectivity index (χ4n) is 3.50. The van der Waals surface area contributed by atoms with Crippen molar-refractivity contribution in [2.45, 2.75) is 6.42 Å². The number of urea groups is 1. The number of carbonyl (C=O) groups excluding carboxylic acids is 2. The smallest absolute Gasteiger partial charge is 0.321 e. The van der Waals surface area contributed by atoms with Crippen molar-refractivity contribution in [3.8, 4) is 0 Å². The van der Waals surface area contributed by atoms with E-state index in [2.05, 4.69) is 10.3 Å². The largest absolute Gasteiger partial charge is 0.350 e. The van der Waals surface area contributed by atoms with Crippen molar-refractivity contribution in [3.05, 3.63) is 65.1 Å². The van der Waals surface area contributed by atoms with Gasteiger partial charge in [0.1, 0.15) is 11.5 Å². The van der Waals surface area contributed by atoms with Crippen LogP contribution in [0.1, 0.15) is 16.9 Å². The second kappa shape index (κ2) is 8.13. The van der Waals surface area contributed by atoms with Gasteiger partial charge in [-0.3, -0.25) is 4.79 Å². The lowest BCUT2D eigenvalue weighted by atomic mass is 10.2. The predicted octanol–water partition coefficient (Wildman–Crippen LogP) is 4.34. The molecule has 1 aliphatic rings. The topological polar surface area (TPSA) is 68.4 Å². The van der Waals surface area contributed by atoms with E-state index in [4.69, 9.17) is 11.6 Å². The highest BCUT2D eigenvalue weighted by Gasteiger charge is 2.24. The standard InChI is InChI=1S/C21H20ClFN4O2/c22-14-4-1-5-15(12-14)24-21(29)27-9-3-8-26(10-11-27)20(28)19-13-16-17(23)6-2-7-18(16)25-19/h1-2,4-7,12-13,25H,3,8-11H2,(H,24,29). The number of carbonyl (C=O) groups is 2. The summed E-state index contributed by atoms with van der Waals surface area (Å²) in [6, 6.07) is 13.0. The summed E-state index contributed by atoms with van der Waals surface area (Å²) in [4.78, 5) is 31.8. The maximum atomic E-state index is 13.9. The summed E-state index contributed by atoms with van der Waals surface area (Å²) in [5.41, 5.74) is 1.56. The lowest BCUT2D eigenvalue weighted by Crippen LogP contribution is -2.39. The highest BCUT2D eigenvalue weighted by atomic mass is 35.5. The number of nitrogens with zero attached hydrogens (tertiary/aromatic N) is 2. The van der Waals surface area contributed by atoms with E-state index in [1.165, 1.54) is 6.07 Å². The lowest BCUT2D eigenvalue weighted by molar-refractivity contribution is 0.0758. The summed E-state index contributed by atoms with van der Waals surface area (Å²) in [5, 5.41) is 3.77.